The van der Waals surface area contributed by atoms with Gasteiger partial charge in [0, 0.05) is 16.2 Å². The van der Waals surface area contributed by atoms with Crippen molar-refractivity contribution in [2.75, 3.05) is 13.7 Å². The Morgan fingerprint density at radius 2 is 1.76 bits per heavy atom. The van der Waals surface area contributed by atoms with Crippen LogP contribution in [0.25, 0.3) is 0 Å². The average Bonchev–Trinajstić information content (AvgIpc) is 2.73. The molecule has 1 unspecified atom stereocenters. The van der Waals surface area contributed by atoms with E-state index >= 15 is 0 Å². The summed E-state index contributed by atoms with van der Waals surface area (Å²) >= 11 is 2.36. The highest BCUT2D eigenvalue weighted by atomic mass is 127. The summed E-state index contributed by atoms with van der Waals surface area (Å²) in [6, 6.07) is 9.30. The van der Waals surface area contributed by atoms with Gasteiger partial charge in [0.15, 0.2) is 0 Å². The van der Waals surface area contributed by atoms with Crippen LogP contribution in [-0.4, -0.2) is 25.3 Å². The van der Waals surface area contributed by atoms with E-state index in [1.165, 1.54) is 47.7 Å². The lowest BCUT2D eigenvalue weighted by atomic mass is 9.82. The van der Waals surface area contributed by atoms with Crippen molar-refractivity contribution >= 4 is 22.6 Å². The molecule has 2 rings (SSSR count). The molecule has 0 aliphatic heterocycles. The first-order valence-electron chi connectivity index (χ1n) is 8.26. The van der Waals surface area contributed by atoms with E-state index < -0.39 is 0 Å². The number of halogens is 1. The Hall–Kier alpha value is -0.130. The number of nitrogens with one attached hydrogen (secondary N) is 1. The zero-order valence-corrected chi connectivity index (χ0v) is 15.5. The standard InChI is InChI=1S/C18H28INO/c1-3-21-18(12-6-4-5-7-13-18)17(20-2)14-15-8-10-16(19)11-9-15/h8-11,17,20H,3-7,12-14H2,1-2H3. The van der Waals surface area contributed by atoms with Gasteiger partial charge in [0.05, 0.1) is 5.60 Å². The van der Waals surface area contributed by atoms with E-state index in [1.807, 2.05) is 0 Å². The van der Waals surface area contributed by atoms with Gasteiger partial charge in [-0.15, -0.1) is 0 Å². The minimum atomic E-state index is 0.0169. The molecule has 21 heavy (non-hydrogen) atoms. The smallest absolute Gasteiger partial charge is 0.0837 e. The summed E-state index contributed by atoms with van der Waals surface area (Å²) in [5, 5.41) is 3.56. The number of rotatable bonds is 6. The molecule has 1 aromatic carbocycles. The molecular weight excluding hydrogens is 373 g/mol. The third-order valence-electron chi connectivity index (χ3n) is 4.72. The van der Waals surface area contributed by atoms with Crippen molar-refractivity contribution in [3.8, 4) is 0 Å². The van der Waals surface area contributed by atoms with Crippen molar-refractivity contribution in [2.45, 2.75) is 63.5 Å². The fourth-order valence-corrected chi connectivity index (χ4v) is 3.97. The van der Waals surface area contributed by atoms with E-state index in [2.05, 4.69) is 66.1 Å². The molecule has 1 aliphatic carbocycles. The lowest BCUT2D eigenvalue weighted by molar-refractivity contribution is -0.0752. The van der Waals surface area contributed by atoms with E-state index in [0.717, 1.165) is 13.0 Å². The molecule has 1 atom stereocenters. The minimum Gasteiger partial charge on any atom is -0.374 e. The molecule has 1 fully saturated rings. The summed E-state index contributed by atoms with van der Waals surface area (Å²) in [5.41, 5.74) is 1.42. The van der Waals surface area contributed by atoms with Gasteiger partial charge < -0.3 is 10.1 Å². The third kappa shape index (κ3) is 4.67. The molecule has 0 amide bonds. The molecular formula is C18H28INO. The number of hydrogen-bond donors (Lipinski definition) is 1. The molecule has 1 saturated carbocycles. The van der Waals surface area contributed by atoms with E-state index in [9.17, 15) is 0 Å². The Morgan fingerprint density at radius 3 is 2.29 bits per heavy atom. The zero-order valence-electron chi connectivity index (χ0n) is 13.3. The van der Waals surface area contributed by atoms with Crippen molar-refractivity contribution < 1.29 is 4.74 Å². The fraction of sp³-hybridized carbons (Fsp3) is 0.667. The maximum Gasteiger partial charge on any atom is 0.0837 e. The summed E-state index contributed by atoms with van der Waals surface area (Å²) in [7, 11) is 2.09. The SMILES string of the molecule is CCOC1(C(Cc2ccc(I)cc2)NC)CCCCCC1. The van der Waals surface area contributed by atoms with Gasteiger partial charge in [-0.05, 0) is 73.5 Å². The van der Waals surface area contributed by atoms with Crippen LogP contribution in [0.5, 0.6) is 0 Å². The molecule has 0 radical (unpaired) electrons. The van der Waals surface area contributed by atoms with Crippen molar-refractivity contribution in [1.29, 1.82) is 0 Å². The average molecular weight is 401 g/mol. The van der Waals surface area contributed by atoms with Crippen LogP contribution in [0.4, 0.5) is 0 Å². The fourth-order valence-electron chi connectivity index (χ4n) is 3.62. The lowest BCUT2D eigenvalue weighted by Gasteiger charge is -2.40. The predicted octanol–water partition coefficient (Wildman–Crippen LogP) is 4.55. The second-order valence-corrected chi connectivity index (χ2v) is 7.33. The summed E-state index contributed by atoms with van der Waals surface area (Å²) in [5.74, 6) is 0. The number of likely N-dealkylation sites (N-methyl/N-ethyl adjacent to an activating group) is 1. The van der Waals surface area contributed by atoms with Crippen LogP contribution in [0.2, 0.25) is 0 Å². The van der Waals surface area contributed by atoms with Gasteiger partial charge in [-0.2, -0.15) is 0 Å². The number of benzene rings is 1. The second-order valence-electron chi connectivity index (χ2n) is 6.08. The molecule has 2 nitrogen and oxygen atoms in total. The van der Waals surface area contributed by atoms with Crippen LogP contribution in [0, 0.1) is 3.57 Å². The normalized spacial score (nSPS) is 20.0. The van der Waals surface area contributed by atoms with Crippen LogP contribution in [0.1, 0.15) is 51.0 Å². The Balaban J connectivity index is 2.16. The van der Waals surface area contributed by atoms with Crippen LogP contribution in [-0.2, 0) is 11.2 Å². The number of ether oxygens (including phenoxy) is 1. The molecule has 0 heterocycles. The predicted molar refractivity (Wildman–Crippen MR) is 97.8 cm³/mol. The first kappa shape index (κ1) is 17.2. The largest absolute Gasteiger partial charge is 0.374 e. The summed E-state index contributed by atoms with van der Waals surface area (Å²) in [6.07, 6.45) is 8.74. The molecule has 1 N–H and O–H groups in total. The molecule has 1 aromatic rings. The first-order chi connectivity index (χ1) is 10.2. The summed E-state index contributed by atoms with van der Waals surface area (Å²) < 4.78 is 7.63. The maximum absolute atomic E-state index is 6.34. The molecule has 118 valence electrons. The van der Waals surface area contributed by atoms with Gasteiger partial charge in [0.2, 0.25) is 0 Å². The Morgan fingerprint density at radius 1 is 1.14 bits per heavy atom. The highest BCUT2D eigenvalue weighted by Crippen LogP contribution is 2.34. The Kier molecular flexibility index (Phi) is 6.96. The highest BCUT2D eigenvalue weighted by molar-refractivity contribution is 14.1. The van der Waals surface area contributed by atoms with Gasteiger partial charge in [-0.25, -0.2) is 0 Å². The topological polar surface area (TPSA) is 21.3 Å². The van der Waals surface area contributed by atoms with Gasteiger partial charge in [0.25, 0.3) is 0 Å². The van der Waals surface area contributed by atoms with Crippen LogP contribution < -0.4 is 5.32 Å². The van der Waals surface area contributed by atoms with E-state index in [4.69, 9.17) is 4.74 Å². The van der Waals surface area contributed by atoms with Gasteiger partial charge in [-0.3, -0.25) is 0 Å². The number of hydrogen-bond acceptors (Lipinski definition) is 2. The monoisotopic (exact) mass is 401 g/mol. The highest BCUT2D eigenvalue weighted by Gasteiger charge is 2.38. The van der Waals surface area contributed by atoms with Crippen molar-refractivity contribution in [3.05, 3.63) is 33.4 Å². The molecule has 0 aromatic heterocycles. The Labute approximate surface area is 143 Å². The van der Waals surface area contributed by atoms with E-state index in [-0.39, 0.29) is 5.60 Å². The zero-order chi connectivity index (χ0) is 15.1. The molecule has 0 bridgehead atoms. The van der Waals surface area contributed by atoms with Crippen molar-refractivity contribution in [1.82, 2.24) is 5.32 Å². The van der Waals surface area contributed by atoms with Crippen LogP contribution in [0.3, 0.4) is 0 Å². The van der Waals surface area contributed by atoms with Crippen LogP contribution >= 0.6 is 22.6 Å². The van der Waals surface area contributed by atoms with Gasteiger partial charge >= 0.3 is 0 Å². The van der Waals surface area contributed by atoms with Crippen molar-refractivity contribution in [2.24, 2.45) is 0 Å². The second kappa shape index (κ2) is 8.49. The first-order valence-corrected chi connectivity index (χ1v) is 9.34. The quantitative estimate of drug-likeness (QED) is 0.558. The van der Waals surface area contributed by atoms with E-state index in [0.29, 0.717) is 6.04 Å². The van der Waals surface area contributed by atoms with Crippen LogP contribution in [0.15, 0.2) is 24.3 Å². The molecule has 0 spiro atoms. The maximum atomic E-state index is 6.34. The third-order valence-corrected chi connectivity index (χ3v) is 5.44. The summed E-state index contributed by atoms with van der Waals surface area (Å²) in [6.45, 7) is 2.94. The summed E-state index contributed by atoms with van der Waals surface area (Å²) in [4.78, 5) is 0. The van der Waals surface area contributed by atoms with Crippen molar-refractivity contribution in [3.63, 3.8) is 0 Å². The van der Waals surface area contributed by atoms with Gasteiger partial charge in [-0.1, -0.05) is 37.8 Å². The van der Waals surface area contributed by atoms with Gasteiger partial charge in [0.1, 0.15) is 0 Å². The lowest BCUT2D eigenvalue weighted by Crippen LogP contribution is -2.52. The Bertz CT molecular complexity index is 410. The van der Waals surface area contributed by atoms with E-state index in [1.54, 1.807) is 0 Å². The molecule has 3 heteroatoms. The minimum absolute atomic E-state index is 0.0169. The molecule has 1 aliphatic rings. The molecule has 0 saturated heterocycles.